The van der Waals surface area contributed by atoms with Gasteiger partial charge in [-0.3, -0.25) is 4.79 Å². The van der Waals surface area contributed by atoms with Crippen LogP contribution >= 0.6 is 15.9 Å². The Morgan fingerprint density at radius 2 is 1.96 bits per heavy atom. The fourth-order valence-corrected chi connectivity index (χ4v) is 2.63. The first kappa shape index (κ1) is 19.3. The van der Waals surface area contributed by atoms with Crippen molar-refractivity contribution in [1.82, 2.24) is 5.32 Å². The highest BCUT2D eigenvalue weighted by Crippen LogP contribution is 2.29. The zero-order valence-electron chi connectivity index (χ0n) is 14.4. The van der Waals surface area contributed by atoms with Crippen LogP contribution in [0, 0.1) is 11.3 Å². The lowest BCUT2D eigenvalue weighted by molar-refractivity contribution is -0.112. The number of hydrogen-bond donors (Lipinski definition) is 2. The van der Waals surface area contributed by atoms with E-state index in [9.17, 15) is 10.1 Å². The van der Waals surface area contributed by atoms with Gasteiger partial charge in [0.1, 0.15) is 11.6 Å². The van der Waals surface area contributed by atoms with Crippen molar-refractivity contribution in [2.24, 2.45) is 0 Å². The van der Waals surface area contributed by atoms with Gasteiger partial charge in [-0.2, -0.15) is 5.26 Å². The van der Waals surface area contributed by atoms with Gasteiger partial charge in [0.15, 0.2) is 11.5 Å². The number of nitriles is 1. The summed E-state index contributed by atoms with van der Waals surface area (Å²) in [5, 5.41) is 14.9. The van der Waals surface area contributed by atoms with E-state index in [-0.39, 0.29) is 5.57 Å². The molecule has 2 N–H and O–H groups in total. The molecule has 6 nitrogen and oxygen atoms in total. The number of hydrogen-bond acceptors (Lipinski definition) is 5. The lowest BCUT2D eigenvalue weighted by atomic mass is 10.2. The standard InChI is InChI=1S/C19H18BrN3O3/c1-25-17-7-6-16(9-18(17)26-2)23-19(24)14(10-21)12-22-11-13-4-3-5-15(20)8-13/h3-9,12,22H,11H2,1-2H3,(H,23,24)/b14-12-. The second kappa shape index (κ2) is 9.49. The minimum Gasteiger partial charge on any atom is -0.493 e. The zero-order chi connectivity index (χ0) is 18.9. The number of halogens is 1. The maximum absolute atomic E-state index is 12.3. The van der Waals surface area contributed by atoms with Gasteiger partial charge in [-0.15, -0.1) is 0 Å². The number of ether oxygens (including phenoxy) is 2. The molecule has 0 radical (unpaired) electrons. The fourth-order valence-electron chi connectivity index (χ4n) is 2.18. The quantitative estimate of drug-likeness (QED) is 0.533. The van der Waals surface area contributed by atoms with Crippen molar-refractivity contribution in [3.63, 3.8) is 0 Å². The minimum atomic E-state index is -0.513. The summed E-state index contributed by atoms with van der Waals surface area (Å²) >= 11 is 3.40. The van der Waals surface area contributed by atoms with Crippen LogP contribution in [-0.4, -0.2) is 20.1 Å². The van der Waals surface area contributed by atoms with Gasteiger partial charge in [-0.25, -0.2) is 0 Å². The highest BCUT2D eigenvalue weighted by atomic mass is 79.9. The molecule has 2 aromatic rings. The molecule has 0 aliphatic rings. The van der Waals surface area contributed by atoms with Crippen LogP contribution in [0.1, 0.15) is 5.56 Å². The third kappa shape index (κ3) is 5.26. The molecule has 0 bridgehead atoms. The van der Waals surface area contributed by atoms with E-state index in [4.69, 9.17) is 9.47 Å². The Morgan fingerprint density at radius 1 is 1.19 bits per heavy atom. The smallest absolute Gasteiger partial charge is 0.267 e. The van der Waals surface area contributed by atoms with Gasteiger partial charge in [0.25, 0.3) is 5.91 Å². The largest absolute Gasteiger partial charge is 0.493 e. The van der Waals surface area contributed by atoms with E-state index < -0.39 is 5.91 Å². The summed E-state index contributed by atoms with van der Waals surface area (Å²) in [6.07, 6.45) is 1.40. The molecule has 0 heterocycles. The van der Waals surface area contributed by atoms with Crippen LogP contribution in [0.5, 0.6) is 11.5 Å². The molecule has 134 valence electrons. The van der Waals surface area contributed by atoms with Gasteiger partial charge in [0.05, 0.1) is 14.2 Å². The summed E-state index contributed by atoms with van der Waals surface area (Å²) < 4.78 is 11.3. The van der Waals surface area contributed by atoms with Crippen LogP contribution in [0.4, 0.5) is 5.69 Å². The molecule has 1 amide bonds. The summed E-state index contributed by atoms with van der Waals surface area (Å²) in [6, 6.07) is 14.6. The lowest BCUT2D eigenvalue weighted by Gasteiger charge is -2.10. The first-order valence-corrected chi connectivity index (χ1v) is 8.48. The van der Waals surface area contributed by atoms with Gasteiger partial charge in [0, 0.05) is 29.0 Å². The van der Waals surface area contributed by atoms with Crippen LogP contribution in [0.2, 0.25) is 0 Å². The van der Waals surface area contributed by atoms with Gasteiger partial charge in [-0.05, 0) is 29.8 Å². The van der Waals surface area contributed by atoms with E-state index in [0.717, 1.165) is 10.0 Å². The first-order chi connectivity index (χ1) is 12.6. The topological polar surface area (TPSA) is 83.4 Å². The molecule has 0 aliphatic carbocycles. The SMILES string of the molecule is COc1ccc(NC(=O)/C(C#N)=C\NCc2cccc(Br)c2)cc1OC. The predicted molar refractivity (Wildman–Crippen MR) is 103 cm³/mol. The summed E-state index contributed by atoms with van der Waals surface area (Å²) in [5.74, 6) is 0.527. The molecule has 0 spiro atoms. The molecule has 0 fully saturated rings. The van der Waals surface area contributed by atoms with E-state index >= 15 is 0 Å². The Hall–Kier alpha value is -2.98. The Kier molecular flexibility index (Phi) is 7.06. The van der Waals surface area contributed by atoms with Crippen molar-refractivity contribution in [3.8, 4) is 17.6 Å². The Labute approximate surface area is 160 Å². The molecule has 0 aliphatic heterocycles. The van der Waals surface area contributed by atoms with Gasteiger partial charge < -0.3 is 20.1 Å². The molecule has 2 aromatic carbocycles. The molecule has 26 heavy (non-hydrogen) atoms. The first-order valence-electron chi connectivity index (χ1n) is 7.69. The molecule has 0 unspecified atom stereocenters. The molecule has 0 aromatic heterocycles. The van der Waals surface area contributed by atoms with Crippen LogP contribution in [0.15, 0.2) is 58.7 Å². The fraction of sp³-hybridized carbons (Fsp3) is 0.158. The van der Waals surface area contributed by atoms with E-state index in [0.29, 0.717) is 23.7 Å². The van der Waals surface area contributed by atoms with Crippen molar-refractivity contribution in [2.45, 2.75) is 6.54 Å². The third-order valence-electron chi connectivity index (χ3n) is 3.45. The van der Waals surface area contributed by atoms with Crippen molar-refractivity contribution in [3.05, 3.63) is 64.3 Å². The number of rotatable bonds is 7. The van der Waals surface area contributed by atoms with E-state index in [1.165, 1.54) is 20.4 Å². The monoisotopic (exact) mass is 415 g/mol. The van der Waals surface area contributed by atoms with Crippen molar-refractivity contribution in [1.29, 1.82) is 5.26 Å². The minimum absolute atomic E-state index is 0.0326. The molecule has 0 saturated heterocycles. The van der Waals surface area contributed by atoms with Gasteiger partial charge in [0.2, 0.25) is 0 Å². The highest BCUT2D eigenvalue weighted by Gasteiger charge is 2.11. The summed E-state index contributed by atoms with van der Waals surface area (Å²) in [4.78, 5) is 12.3. The van der Waals surface area contributed by atoms with Crippen LogP contribution in [0.25, 0.3) is 0 Å². The van der Waals surface area contributed by atoms with E-state index in [1.54, 1.807) is 18.2 Å². The second-order valence-corrected chi connectivity index (χ2v) is 6.12. The number of benzene rings is 2. The highest BCUT2D eigenvalue weighted by molar-refractivity contribution is 9.10. The van der Waals surface area contributed by atoms with Crippen molar-refractivity contribution >= 4 is 27.5 Å². The average Bonchev–Trinajstić information content (AvgIpc) is 2.65. The predicted octanol–water partition coefficient (Wildman–Crippen LogP) is 3.60. The molecular formula is C19H18BrN3O3. The van der Waals surface area contributed by atoms with Crippen molar-refractivity contribution < 1.29 is 14.3 Å². The number of amides is 1. The van der Waals surface area contributed by atoms with E-state index in [2.05, 4.69) is 26.6 Å². The van der Waals surface area contributed by atoms with Gasteiger partial charge >= 0.3 is 0 Å². The number of methoxy groups -OCH3 is 2. The number of nitrogens with one attached hydrogen (secondary N) is 2. The Balaban J connectivity index is 2.03. The van der Waals surface area contributed by atoms with Gasteiger partial charge in [-0.1, -0.05) is 28.1 Å². The maximum Gasteiger partial charge on any atom is 0.267 e. The van der Waals surface area contributed by atoms with Crippen molar-refractivity contribution in [2.75, 3.05) is 19.5 Å². The van der Waals surface area contributed by atoms with Crippen LogP contribution < -0.4 is 20.1 Å². The summed E-state index contributed by atoms with van der Waals surface area (Å²) in [7, 11) is 3.04. The second-order valence-electron chi connectivity index (χ2n) is 5.20. The Bertz CT molecular complexity index is 859. The molecule has 2 rings (SSSR count). The van der Waals surface area contributed by atoms with E-state index in [1.807, 2.05) is 30.3 Å². The molecule has 7 heteroatoms. The summed E-state index contributed by atoms with van der Waals surface area (Å²) in [6.45, 7) is 0.494. The molecule has 0 saturated carbocycles. The zero-order valence-corrected chi connectivity index (χ0v) is 16.0. The average molecular weight is 416 g/mol. The van der Waals surface area contributed by atoms with Crippen LogP contribution in [-0.2, 0) is 11.3 Å². The number of carbonyl (C=O) groups is 1. The third-order valence-corrected chi connectivity index (χ3v) is 3.94. The number of carbonyl (C=O) groups excluding carboxylic acids is 1. The number of nitrogens with zero attached hydrogens (tertiary/aromatic N) is 1. The van der Waals surface area contributed by atoms with Crippen LogP contribution in [0.3, 0.4) is 0 Å². The normalized spacial score (nSPS) is 10.6. The molecule has 0 atom stereocenters. The number of anilines is 1. The maximum atomic E-state index is 12.3. The molecular weight excluding hydrogens is 398 g/mol. The Morgan fingerprint density at radius 3 is 2.62 bits per heavy atom. The lowest BCUT2D eigenvalue weighted by Crippen LogP contribution is -2.16. The summed E-state index contributed by atoms with van der Waals surface area (Å²) in [5.41, 5.74) is 1.49.